The number of carbonyl (C=O) groups excluding carboxylic acids is 1. The Bertz CT molecular complexity index is 517. The minimum absolute atomic E-state index is 0. The van der Waals surface area contributed by atoms with E-state index in [0.29, 0.717) is 0 Å². The van der Waals surface area contributed by atoms with Gasteiger partial charge in [0, 0.05) is 26.1 Å². The molecule has 0 heterocycles. The molecule has 0 saturated carbocycles. The minimum atomic E-state index is -3.51. The van der Waals surface area contributed by atoms with Crippen molar-refractivity contribution in [1.82, 2.24) is 10.0 Å². The Kier molecular flexibility index (Phi) is 8.40. The summed E-state index contributed by atoms with van der Waals surface area (Å²) < 4.78 is 26.2. The van der Waals surface area contributed by atoms with Crippen LogP contribution in [0.4, 0.5) is 0 Å². The molecule has 1 aromatic carbocycles. The zero-order valence-corrected chi connectivity index (χ0v) is 12.9. The van der Waals surface area contributed by atoms with Gasteiger partial charge in [0.05, 0.1) is 4.90 Å². The van der Waals surface area contributed by atoms with Crippen molar-refractivity contribution in [3.63, 3.8) is 0 Å². The molecule has 0 aliphatic heterocycles. The van der Waals surface area contributed by atoms with Crippen LogP contribution in [-0.4, -0.2) is 34.0 Å². The lowest BCUT2D eigenvalue weighted by molar-refractivity contribution is -0.120. The molecule has 0 aromatic heterocycles. The Labute approximate surface area is 125 Å². The van der Waals surface area contributed by atoms with E-state index in [1.165, 1.54) is 0 Å². The highest BCUT2D eigenvalue weighted by atomic mass is 35.5. The minimum Gasteiger partial charge on any atom is -0.355 e. The van der Waals surface area contributed by atoms with Gasteiger partial charge in [-0.15, -0.1) is 12.4 Å². The number of benzene rings is 1. The summed E-state index contributed by atoms with van der Waals surface area (Å²) in [5.74, 6) is -0.183. The maximum Gasteiger partial charge on any atom is 0.240 e. The number of sulfonamides is 1. The van der Waals surface area contributed by atoms with Crippen LogP contribution in [0.2, 0.25) is 0 Å². The van der Waals surface area contributed by atoms with Gasteiger partial charge in [0.15, 0.2) is 0 Å². The summed E-state index contributed by atoms with van der Waals surface area (Å²) in [5, 5.41) is 2.57. The van der Waals surface area contributed by atoms with Gasteiger partial charge in [-0.3, -0.25) is 4.79 Å². The Morgan fingerprint density at radius 3 is 2.35 bits per heavy atom. The normalized spacial score (nSPS) is 10.7. The van der Waals surface area contributed by atoms with Crippen LogP contribution < -0.4 is 15.8 Å². The second-order valence-corrected chi connectivity index (χ2v) is 5.87. The van der Waals surface area contributed by atoms with Crippen molar-refractivity contribution in [3.8, 4) is 0 Å². The molecule has 0 spiro atoms. The Morgan fingerprint density at radius 1 is 1.20 bits per heavy atom. The molecule has 0 fully saturated rings. The van der Waals surface area contributed by atoms with Crippen molar-refractivity contribution in [2.24, 2.45) is 5.73 Å². The topological polar surface area (TPSA) is 101 Å². The van der Waals surface area contributed by atoms with Crippen LogP contribution in [-0.2, 0) is 14.8 Å². The van der Waals surface area contributed by atoms with E-state index in [1.807, 2.05) is 6.92 Å². The summed E-state index contributed by atoms with van der Waals surface area (Å²) in [6.07, 6.45) is 0.241. The second kappa shape index (κ2) is 8.91. The quantitative estimate of drug-likeness (QED) is 0.623. The second-order valence-electron chi connectivity index (χ2n) is 4.10. The number of halogens is 1. The number of hydrogen-bond donors (Lipinski definition) is 3. The van der Waals surface area contributed by atoms with E-state index in [0.717, 1.165) is 5.56 Å². The zero-order valence-electron chi connectivity index (χ0n) is 11.3. The molecule has 4 N–H and O–H groups in total. The first-order valence-electron chi connectivity index (χ1n) is 5.99. The Hall–Kier alpha value is -1.15. The fourth-order valence-electron chi connectivity index (χ4n) is 1.41. The molecule has 114 valence electrons. The van der Waals surface area contributed by atoms with Crippen LogP contribution in [0.25, 0.3) is 0 Å². The number of nitrogens with two attached hydrogens (primary N) is 1. The molecular formula is C12H20ClN3O3S. The summed E-state index contributed by atoms with van der Waals surface area (Å²) >= 11 is 0. The summed E-state index contributed by atoms with van der Waals surface area (Å²) in [6.45, 7) is 2.55. The van der Waals surface area contributed by atoms with E-state index < -0.39 is 10.0 Å². The number of amides is 1. The fourth-order valence-corrected chi connectivity index (χ4v) is 2.44. The lowest BCUT2D eigenvalue weighted by atomic mass is 10.2. The average Bonchev–Trinajstić information content (AvgIpc) is 2.36. The van der Waals surface area contributed by atoms with E-state index in [9.17, 15) is 13.2 Å². The highest BCUT2D eigenvalue weighted by Crippen LogP contribution is 2.09. The third-order valence-corrected chi connectivity index (χ3v) is 3.92. The van der Waals surface area contributed by atoms with Gasteiger partial charge < -0.3 is 11.1 Å². The summed E-state index contributed by atoms with van der Waals surface area (Å²) in [7, 11) is -3.51. The molecule has 0 unspecified atom stereocenters. The molecule has 20 heavy (non-hydrogen) atoms. The van der Waals surface area contributed by atoms with E-state index in [-0.39, 0.29) is 49.3 Å². The van der Waals surface area contributed by atoms with Gasteiger partial charge in [0.1, 0.15) is 0 Å². The molecule has 0 atom stereocenters. The van der Waals surface area contributed by atoms with Gasteiger partial charge in [-0.05, 0) is 19.1 Å². The van der Waals surface area contributed by atoms with Gasteiger partial charge in [-0.2, -0.15) is 0 Å². The molecule has 1 amide bonds. The number of carbonyl (C=O) groups is 1. The Morgan fingerprint density at radius 2 is 1.80 bits per heavy atom. The summed E-state index contributed by atoms with van der Waals surface area (Å²) in [6, 6.07) is 6.56. The lowest BCUT2D eigenvalue weighted by Crippen LogP contribution is -2.35. The zero-order chi connectivity index (χ0) is 14.3. The largest absolute Gasteiger partial charge is 0.355 e. The van der Waals surface area contributed by atoms with Crippen molar-refractivity contribution in [3.05, 3.63) is 29.8 Å². The molecule has 0 aliphatic rings. The van der Waals surface area contributed by atoms with Crippen molar-refractivity contribution < 1.29 is 13.2 Å². The maximum atomic E-state index is 11.9. The summed E-state index contributed by atoms with van der Waals surface area (Å²) in [5.41, 5.74) is 6.21. The van der Waals surface area contributed by atoms with Gasteiger partial charge in [-0.25, -0.2) is 13.1 Å². The van der Waals surface area contributed by atoms with Gasteiger partial charge >= 0.3 is 0 Å². The molecule has 0 bridgehead atoms. The van der Waals surface area contributed by atoms with Crippen molar-refractivity contribution in [2.45, 2.75) is 18.2 Å². The average molecular weight is 322 g/mol. The highest BCUT2D eigenvalue weighted by Gasteiger charge is 2.12. The smallest absolute Gasteiger partial charge is 0.240 e. The third kappa shape index (κ3) is 6.33. The molecule has 0 aliphatic carbocycles. The number of hydrogen-bond acceptors (Lipinski definition) is 4. The van der Waals surface area contributed by atoms with Crippen LogP contribution in [0.5, 0.6) is 0 Å². The molecule has 8 heteroatoms. The van der Waals surface area contributed by atoms with Crippen LogP contribution in [0, 0.1) is 6.92 Å². The van der Waals surface area contributed by atoms with Crippen molar-refractivity contribution in [1.29, 1.82) is 0 Å². The van der Waals surface area contributed by atoms with Crippen molar-refractivity contribution in [2.75, 3.05) is 19.6 Å². The van der Waals surface area contributed by atoms with E-state index in [4.69, 9.17) is 5.73 Å². The monoisotopic (exact) mass is 321 g/mol. The number of aryl methyl sites for hydroxylation is 1. The summed E-state index contributed by atoms with van der Waals surface area (Å²) in [4.78, 5) is 11.3. The van der Waals surface area contributed by atoms with Gasteiger partial charge in [-0.1, -0.05) is 17.7 Å². The van der Waals surface area contributed by atoms with Crippen LogP contribution in [0.1, 0.15) is 12.0 Å². The standard InChI is InChI=1S/C12H19N3O3S.ClH/c1-10-2-4-11(5-3-10)19(17,18)15-9-8-14-12(16)6-7-13;/h2-5,15H,6-9,13H2,1H3,(H,14,16);1H. The first kappa shape index (κ1) is 18.9. The lowest BCUT2D eigenvalue weighted by Gasteiger charge is -2.08. The van der Waals surface area contributed by atoms with Crippen LogP contribution in [0.15, 0.2) is 29.2 Å². The van der Waals surface area contributed by atoms with Crippen LogP contribution in [0.3, 0.4) is 0 Å². The van der Waals surface area contributed by atoms with E-state index in [1.54, 1.807) is 24.3 Å². The predicted octanol–water partition coefficient (Wildman–Crippen LogP) is 0.160. The molecular weight excluding hydrogens is 302 g/mol. The Balaban J connectivity index is 0.00000361. The first-order chi connectivity index (χ1) is 8.95. The fraction of sp³-hybridized carbons (Fsp3) is 0.417. The third-order valence-electron chi connectivity index (χ3n) is 2.44. The van der Waals surface area contributed by atoms with Crippen molar-refractivity contribution >= 4 is 28.3 Å². The van der Waals surface area contributed by atoms with Crippen LogP contribution >= 0.6 is 12.4 Å². The molecule has 6 nitrogen and oxygen atoms in total. The van der Waals surface area contributed by atoms with Gasteiger partial charge in [0.2, 0.25) is 15.9 Å². The maximum absolute atomic E-state index is 11.9. The van der Waals surface area contributed by atoms with E-state index in [2.05, 4.69) is 10.0 Å². The highest BCUT2D eigenvalue weighted by molar-refractivity contribution is 7.89. The molecule has 0 radical (unpaired) electrons. The number of nitrogens with one attached hydrogen (secondary N) is 2. The molecule has 1 aromatic rings. The van der Waals surface area contributed by atoms with Gasteiger partial charge in [0.25, 0.3) is 0 Å². The molecule has 1 rings (SSSR count). The number of rotatable bonds is 7. The predicted molar refractivity (Wildman–Crippen MR) is 80.3 cm³/mol. The first-order valence-corrected chi connectivity index (χ1v) is 7.47. The molecule has 0 saturated heterocycles. The SMILES string of the molecule is Cc1ccc(S(=O)(=O)NCCNC(=O)CCN)cc1.Cl. The van der Waals surface area contributed by atoms with E-state index >= 15 is 0 Å².